The molecule has 0 atom stereocenters. The number of nitrogens with zero attached hydrogens (tertiary/aromatic N) is 4. The molecule has 3 aromatic rings. The van der Waals surface area contributed by atoms with Gasteiger partial charge in [-0.25, -0.2) is 4.98 Å². The van der Waals surface area contributed by atoms with Crippen molar-refractivity contribution in [1.82, 2.24) is 20.0 Å². The quantitative estimate of drug-likeness (QED) is 0.671. The number of hydrogen-bond acceptors (Lipinski definition) is 4. The number of carbonyl (C=O) groups excluding carboxylic acids is 1. The van der Waals surface area contributed by atoms with Crippen molar-refractivity contribution < 1.29 is 4.79 Å². The minimum absolute atomic E-state index is 0.284. The minimum atomic E-state index is -0.284. The fourth-order valence-corrected chi connectivity index (χ4v) is 1.85. The third-order valence-corrected chi connectivity index (χ3v) is 2.72. The maximum Gasteiger partial charge on any atom is 0.280 e. The Hall–Kier alpha value is -2.27. The van der Waals surface area contributed by atoms with Gasteiger partial charge in [-0.1, -0.05) is 22.9 Å². The molecule has 3 rings (SSSR count). The number of carbonyl (C=O) groups is 1. The van der Waals surface area contributed by atoms with Crippen LogP contribution in [0.3, 0.4) is 0 Å². The fourth-order valence-electron chi connectivity index (χ4n) is 1.66. The van der Waals surface area contributed by atoms with Gasteiger partial charge < -0.3 is 0 Å². The Kier molecular flexibility index (Phi) is 2.53. The zero-order valence-corrected chi connectivity index (χ0v) is 9.87. The van der Waals surface area contributed by atoms with Gasteiger partial charge in [-0.05, 0) is 30.3 Å². The summed E-state index contributed by atoms with van der Waals surface area (Å²) in [4.78, 5) is 16.3. The first-order valence-corrected chi connectivity index (χ1v) is 5.60. The van der Waals surface area contributed by atoms with E-state index in [1.54, 1.807) is 42.6 Å². The van der Waals surface area contributed by atoms with Crippen LogP contribution in [-0.4, -0.2) is 25.9 Å². The van der Waals surface area contributed by atoms with Crippen molar-refractivity contribution in [3.63, 3.8) is 0 Å². The van der Waals surface area contributed by atoms with Gasteiger partial charge in [0.05, 0.1) is 0 Å². The van der Waals surface area contributed by atoms with Crippen LogP contribution in [0.1, 0.15) is 10.4 Å². The second-order valence-electron chi connectivity index (χ2n) is 3.66. The van der Waals surface area contributed by atoms with E-state index in [1.807, 2.05) is 0 Å². The van der Waals surface area contributed by atoms with Crippen molar-refractivity contribution in [2.75, 3.05) is 0 Å². The van der Waals surface area contributed by atoms with Crippen molar-refractivity contribution in [2.45, 2.75) is 0 Å². The summed E-state index contributed by atoms with van der Waals surface area (Å²) in [5.74, 6) is -0.284. The average molecular weight is 259 g/mol. The van der Waals surface area contributed by atoms with Gasteiger partial charge in [0, 0.05) is 16.8 Å². The summed E-state index contributed by atoms with van der Waals surface area (Å²) in [6, 6.07) is 10.2. The molecule has 0 saturated carbocycles. The molecule has 0 radical (unpaired) electrons. The average Bonchev–Trinajstić information content (AvgIpc) is 2.82. The van der Waals surface area contributed by atoms with Crippen LogP contribution in [0.2, 0.25) is 5.02 Å². The molecule has 6 heteroatoms. The van der Waals surface area contributed by atoms with Gasteiger partial charge in [-0.15, -0.1) is 5.10 Å². The van der Waals surface area contributed by atoms with Gasteiger partial charge in [0.2, 0.25) is 5.65 Å². The molecule has 1 aromatic carbocycles. The minimum Gasteiger partial charge on any atom is -0.267 e. The number of hydrogen-bond donors (Lipinski definition) is 0. The number of pyridine rings is 1. The number of aromatic nitrogens is 4. The highest BCUT2D eigenvalue weighted by molar-refractivity contribution is 6.31. The van der Waals surface area contributed by atoms with Crippen molar-refractivity contribution in [3.8, 4) is 0 Å². The molecule has 2 heterocycles. The number of rotatable bonds is 1. The van der Waals surface area contributed by atoms with Gasteiger partial charge in [0.1, 0.15) is 5.52 Å². The monoisotopic (exact) mass is 258 g/mol. The molecule has 18 heavy (non-hydrogen) atoms. The highest BCUT2D eigenvalue weighted by atomic mass is 35.5. The van der Waals surface area contributed by atoms with Crippen LogP contribution >= 0.6 is 11.6 Å². The van der Waals surface area contributed by atoms with Crippen LogP contribution in [0.5, 0.6) is 0 Å². The highest BCUT2D eigenvalue weighted by Gasteiger charge is 2.14. The first-order chi connectivity index (χ1) is 8.75. The lowest BCUT2D eigenvalue weighted by Crippen LogP contribution is -2.13. The van der Waals surface area contributed by atoms with E-state index >= 15 is 0 Å². The molecular weight excluding hydrogens is 252 g/mol. The summed E-state index contributed by atoms with van der Waals surface area (Å²) in [6.07, 6.45) is 1.60. The molecule has 0 N–H and O–H groups in total. The van der Waals surface area contributed by atoms with Crippen LogP contribution in [0.25, 0.3) is 11.2 Å². The largest absolute Gasteiger partial charge is 0.280 e. The zero-order valence-electron chi connectivity index (χ0n) is 9.12. The molecular formula is C12H7ClN4O. The molecule has 0 aliphatic rings. The highest BCUT2D eigenvalue weighted by Crippen LogP contribution is 2.14. The molecule has 0 saturated heterocycles. The molecule has 88 valence electrons. The van der Waals surface area contributed by atoms with Gasteiger partial charge >= 0.3 is 0 Å². The first kappa shape index (κ1) is 10.9. The zero-order chi connectivity index (χ0) is 12.5. The number of fused-ring (bicyclic) bond motifs is 1. The maximum atomic E-state index is 12.2. The van der Waals surface area contributed by atoms with Crippen molar-refractivity contribution >= 4 is 28.7 Å². The predicted molar refractivity (Wildman–Crippen MR) is 66.5 cm³/mol. The summed E-state index contributed by atoms with van der Waals surface area (Å²) in [5, 5.41) is 8.15. The molecule has 0 unspecified atom stereocenters. The van der Waals surface area contributed by atoms with Gasteiger partial charge in [-0.2, -0.15) is 4.68 Å². The van der Waals surface area contributed by atoms with Crippen LogP contribution in [0, 0.1) is 0 Å². The Balaban J connectivity index is 2.12. The number of halogens is 1. The topological polar surface area (TPSA) is 60.7 Å². The van der Waals surface area contributed by atoms with Crippen molar-refractivity contribution in [3.05, 3.63) is 53.2 Å². The van der Waals surface area contributed by atoms with E-state index in [9.17, 15) is 4.79 Å². The SMILES string of the molecule is O=C(c1cccc(Cl)c1)n1nnc2ncccc21. The van der Waals surface area contributed by atoms with Crippen molar-refractivity contribution in [1.29, 1.82) is 0 Å². The smallest absolute Gasteiger partial charge is 0.267 e. The molecule has 0 bridgehead atoms. The third-order valence-electron chi connectivity index (χ3n) is 2.49. The Morgan fingerprint density at radius 1 is 1.22 bits per heavy atom. The molecule has 0 spiro atoms. The van der Waals surface area contributed by atoms with E-state index in [0.717, 1.165) is 0 Å². The van der Waals surface area contributed by atoms with Crippen LogP contribution in [0.15, 0.2) is 42.6 Å². The van der Waals surface area contributed by atoms with Gasteiger partial charge in [0.15, 0.2) is 0 Å². The Bertz CT molecular complexity index is 738. The van der Waals surface area contributed by atoms with E-state index in [1.165, 1.54) is 4.68 Å². The Morgan fingerprint density at radius 2 is 2.11 bits per heavy atom. The van der Waals surface area contributed by atoms with E-state index in [2.05, 4.69) is 15.3 Å². The van der Waals surface area contributed by atoms with E-state index in [0.29, 0.717) is 21.7 Å². The lowest BCUT2D eigenvalue weighted by atomic mass is 10.2. The predicted octanol–water partition coefficient (Wildman–Crippen LogP) is 2.17. The first-order valence-electron chi connectivity index (χ1n) is 5.22. The third kappa shape index (κ3) is 1.74. The van der Waals surface area contributed by atoms with E-state index < -0.39 is 0 Å². The second-order valence-corrected chi connectivity index (χ2v) is 4.10. The van der Waals surface area contributed by atoms with Gasteiger partial charge in [-0.3, -0.25) is 4.79 Å². The summed E-state index contributed by atoms with van der Waals surface area (Å²) in [6.45, 7) is 0. The summed E-state index contributed by atoms with van der Waals surface area (Å²) < 4.78 is 1.22. The lowest BCUT2D eigenvalue weighted by molar-refractivity contribution is 0.0948. The van der Waals surface area contributed by atoms with Gasteiger partial charge in [0.25, 0.3) is 5.91 Å². The standard InChI is InChI=1S/C12H7ClN4O/c13-9-4-1-3-8(7-9)12(18)17-10-5-2-6-14-11(10)15-16-17/h1-7H. The van der Waals surface area contributed by atoms with Crippen LogP contribution < -0.4 is 0 Å². The summed E-state index contributed by atoms with van der Waals surface area (Å²) >= 11 is 5.86. The molecule has 5 nitrogen and oxygen atoms in total. The Labute approximate surface area is 107 Å². The number of benzene rings is 1. The van der Waals surface area contributed by atoms with E-state index in [-0.39, 0.29) is 5.91 Å². The molecule has 0 aliphatic carbocycles. The summed E-state index contributed by atoms with van der Waals surface area (Å²) in [7, 11) is 0. The maximum absolute atomic E-state index is 12.2. The molecule has 0 fully saturated rings. The molecule has 0 amide bonds. The van der Waals surface area contributed by atoms with Crippen molar-refractivity contribution in [2.24, 2.45) is 0 Å². The van der Waals surface area contributed by atoms with Crippen LogP contribution in [0.4, 0.5) is 0 Å². The summed E-state index contributed by atoms with van der Waals surface area (Å²) in [5.41, 5.74) is 1.47. The molecule has 2 aromatic heterocycles. The normalized spacial score (nSPS) is 10.7. The van der Waals surface area contributed by atoms with E-state index in [4.69, 9.17) is 11.6 Å². The molecule has 0 aliphatic heterocycles. The Morgan fingerprint density at radius 3 is 2.94 bits per heavy atom. The van der Waals surface area contributed by atoms with Crippen LogP contribution in [-0.2, 0) is 0 Å². The lowest BCUT2D eigenvalue weighted by Gasteiger charge is -2.01. The second kappa shape index (κ2) is 4.19. The fraction of sp³-hybridized carbons (Fsp3) is 0.